The fraction of sp³-hybridized carbons (Fsp3) is 0.182. The molecule has 0 radical (unpaired) electrons. The van der Waals surface area contributed by atoms with Crippen LogP contribution < -0.4 is 10.1 Å². The minimum Gasteiger partial charge on any atom is -0.432 e. The lowest BCUT2D eigenvalue weighted by Crippen LogP contribution is -2.08. The van der Waals surface area contributed by atoms with Crippen molar-refractivity contribution in [2.24, 2.45) is 0 Å². The van der Waals surface area contributed by atoms with Gasteiger partial charge in [0.05, 0.1) is 10.0 Å². The lowest BCUT2D eigenvalue weighted by atomic mass is 10.3. The molecule has 1 rings (SSSR count). The molecule has 7 heteroatoms. The van der Waals surface area contributed by atoms with Gasteiger partial charge in [-0.25, -0.2) is 0 Å². The lowest BCUT2D eigenvalue weighted by molar-refractivity contribution is -0.111. The van der Waals surface area contributed by atoms with E-state index < -0.39 is 6.61 Å². The third-order valence-corrected chi connectivity index (χ3v) is 2.35. The Bertz CT molecular complexity index is 455. The molecule has 0 bridgehead atoms. The second kappa shape index (κ2) is 6.56. The first kappa shape index (κ1) is 14.7. The number of hydrogen-bond acceptors (Lipinski definition) is 2. The SMILES string of the molecule is C/C=C/C(=O)Nc1cc(Cl)c(OC(F)F)c(Cl)c1. The normalized spacial score (nSPS) is 11.0. The monoisotopic (exact) mass is 295 g/mol. The molecular weight excluding hydrogens is 287 g/mol. The number of anilines is 1. The van der Waals surface area contributed by atoms with E-state index in [1.807, 2.05) is 0 Å². The zero-order valence-electron chi connectivity index (χ0n) is 9.22. The topological polar surface area (TPSA) is 38.3 Å². The van der Waals surface area contributed by atoms with Crippen LogP contribution in [-0.2, 0) is 4.79 Å². The van der Waals surface area contributed by atoms with E-state index in [0.717, 1.165) is 0 Å². The largest absolute Gasteiger partial charge is 0.432 e. The number of allylic oxidation sites excluding steroid dienone is 1. The Morgan fingerprint density at radius 1 is 1.39 bits per heavy atom. The van der Waals surface area contributed by atoms with E-state index in [2.05, 4.69) is 10.1 Å². The summed E-state index contributed by atoms with van der Waals surface area (Å²) in [6.45, 7) is -1.34. The maximum Gasteiger partial charge on any atom is 0.387 e. The summed E-state index contributed by atoms with van der Waals surface area (Å²) >= 11 is 11.5. The van der Waals surface area contributed by atoms with Crippen LogP contribution in [0.2, 0.25) is 10.0 Å². The van der Waals surface area contributed by atoms with Crippen LogP contribution in [0.25, 0.3) is 0 Å². The van der Waals surface area contributed by atoms with Crippen molar-refractivity contribution in [2.45, 2.75) is 13.5 Å². The van der Waals surface area contributed by atoms with Crippen LogP contribution in [0.3, 0.4) is 0 Å². The highest BCUT2D eigenvalue weighted by Crippen LogP contribution is 2.36. The average Bonchev–Trinajstić information content (AvgIpc) is 2.23. The average molecular weight is 296 g/mol. The van der Waals surface area contributed by atoms with E-state index in [4.69, 9.17) is 23.2 Å². The first-order valence-corrected chi connectivity index (χ1v) is 5.57. The van der Waals surface area contributed by atoms with Crippen LogP contribution in [0.5, 0.6) is 5.75 Å². The Balaban J connectivity index is 2.95. The number of benzene rings is 1. The van der Waals surface area contributed by atoms with Crippen LogP contribution >= 0.6 is 23.2 Å². The molecule has 1 aromatic carbocycles. The number of alkyl halides is 2. The van der Waals surface area contributed by atoms with Crippen LogP contribution in [-0.4, -0.2) is 12.5 Å². The highest BCUT2D eigenvalue weighted by molar-refractivity contribution is 6.37. The van der Waals surface area contributed by atoms with Crippen molar-refractivity contribution < 1.29 is 18.3 Å². The summed E-state index contributed by atoms with van der Waals surface area (Å²) in [5.74, 6) is -0.704. The van der Waals surface area contributed by atoms with Crippen LogP contribution in [0.1, 0.15) is 6.92 Å². The minimum absolute atomic E-state index is 0.112. The summed E-state index contributed by atoms with van der Waals surface area (Å²) in [5, 5.41) is 2.24. The van der Waals surface area contributed by atoms with E-state index in [1.54, 1.807) is 13.0 Å². The predicted octanol–water partition coefficient (Wildman–Crippen LogP) is 4.11. The van der Waals surface area contributed by atoms with Crippen LogP contribution in [0.15, 0.2) is 24.3 Å². The van der Waals surface area contributed by atoms with Crippen LogP contribution in [0.4, 0.5) is 14.5 Å². The molecule has 1 amide bonds. The van der Waals surface area contributed by atoms with Crippen molar-refractivity contribution in [2.75, 3.05) is 5.32 Å². The number of nitrogens with one attached hydrogen (secondary N) is 1. The Kier molecular flexibility index (Phi) is 5.37. The van der Waals surface area contributed by atoms with Crippen molar-refractivity contribution in [3.05, 3.63) is 34.3 Å². The molecule has 0 unspecified atom stereocenters. The third-order valence-electron chi connectivity index (χ3n) is 1.79. The molecule has 98 valence electrons. The van der Waals surface area contributed by atoms with Gasteiger partial charge in [0.25, 0.3) is 0 Å². The molecule has 0 aliphatic carbocycles. The molecule has 0 saturated carbocycles. The Labute approximate surface area is 112 Å². The van der Waals surface area contributed by atoms with Gasteiger partial charge in [-0.1, -0.05) is 29.3 Å². The predicted molar refractivity (Wildman–Crippen MR) is 66.5 cm³/mol. The van der Waals surface area contributed by atoms with Gasteiger partial charge in [-0.15, -0.1) is 0 Å². The molecule has 3 nitrogen and oxygen atoms in total. The molecule has 0 fully saturated rings. The fourth-order valence-corrected chi connectivity index (χ4v) is 1.75. The van der Waals surface area contributed by atoms with Gasteiger partial charge in [0.15, 0.2) is 5.75 Å². The van der Waals surface area contributed by atoms with Gasteiger partial charge >= 0.3 is 6.61 Å². The molecule has 0 heterocycles. The maximum atomic E-state index is 12.1. The van der Waals surface area contributed by atoms with E-state index in [9.17, 15) is 13.6 Å². The summed E-state index contributed by atoms with van der Waals surface area (Å²) in [5.41, 5.74) is 0.287. The van der Waals surface area contributed by atoms with Crippen molar-refractivity contribution in [1.82, 2.24) is 0 Å². The number of halogens is 4. The summed E-state index contributed by atoms with van der Waals surface area (Å²) < 4.78 is 28.3. The number of amides is 1. The summed E-state index contributed by atoms with van der Waals surface area (Å²) in [7, 11) is 0. The quantitative estimate of drug-likeness (QED) is 0.849. The first-order valence-electron chi connectivity index (χ1n) is 4.81. The molecule has 0 saturated heterocycles. The number of carbonyl (C=O) groups is 1. The smallest absolute Gasteiger partial charge is 0.387 e. The van der Waals surface area contributed by atoms with Crippen molar-refractivity contribution in [1.29, 1.82) is 0 Å². The lowest BCUT2D eigenvalue weighted by Gasteiger charge is -2.11. The molecule has 0 atom stereocenters. The van der Waals surface area contributed by atoms with Crippen molar-refractivity contribution in [3.63, 3.8) is 0 Å². The Hall–Kier alpha value is -1.33. The molecule has 0 spiro atoms. The molecule has 1 N–H and O–H groups in total. The molecular formula is C11H9Cl2F2NO2. The van der Waals surface area contributed by atoms with Gasteiger partial charge in [-0.2, -0.15) is 8.78 Å². The van der Waals surface area contributed by atoms with Gasteiger partial charge in [-0.05, 0) is 25.1 Å². The molecule has 0 aromatic heterocycles. The standard InChI is InChI=1S/C11H9Cl2F2NO2/c1-2-3-9(17)16-6-4-7(12)10(8(13)5-6)18-11(14)15/h2-5,11H,1H3,(H,16,17)/b3-2+. The van der Waals surface area contributed by atoms with Crippen molar-refractivity contribution >= 4 is 34.8 Å². The van der Waals surface area contributed by atoms with E-state index in [1.165, 1.54) is 18.2 Å². The highest BCUT2D eigenvalue weighted by atomic mass is 35.5. The Morgan fingerprint density at radius 2 is 1.94 bits per heavy atom. The van der Waals surface area contributed by atoms with Gasteiger partial charge < -0.3 is 10.1 Å². The van der Waals surface area contributed by atoms with Gasteiger partial charge in [0.2, 0.25) is 5.91 Å². The van der Waals surface area contributed by atoms with Crippen molar-refractivity contribution in [3.8, 4) is 5.75 Å². The second-order valence-electron chi connectivity index (χ2n) is 3.14. The number of rotatable bonds is 4. The number of carbonyl (C=O) groups excluding carboxylic acids is 1. The number of hydrogen-bond donors (Lipinski definition) is 1. The molecule has 18 heavy (non-hydrogen) atoms. The summed E-state index contributed by atoms with van der Waals surface area (Å²) in [4.78, 5) is 11.3. The zero-order valence-corrected chi connectivity index (χ0v) is 10.7. The van der Waals surface area contributed by atoms with E-state index in [-0.39, 0.29) is 27.4 Å². The van der Waals surface area contributed by atoms with Crippen LogP contribution in [0, 0.1) is 0 Å². The van der Waals surface area contributed by atoms with Gasteiger partial charge in [-0.3, -0.25) is 4.79 Å². The summed E-state index contributed by atoms with van der Waals surface area (Å²) in [6.07, 6.45) is 2.85. The van der Waals surface area contributed by atoms with Gasteiger partial charge in [0, 0.05) is 5.69 Å². The maximum absolute atomic E-state index is 12.1. The Morgan fingerprint density at radius 3 is 2.39 bits per heavy atom. The van der Waals surface area contributed by atoms with Gasteiger partial charge in [0.1, 0.15) is 0 Å². The highest BCUT2D eigenvalue weighted by Gasteiger charge is 2.14. The molecule has 1 aromatic rings. The van der Waals surface area contributed by atoms with E-state index >= 15 is 0 Å². The summed E-state index contributed by atoms with van der Waals surface area (Å²) in [6, 6.07) is 2.54. The molecule has 0 aliphatic rings. The fourth-order valence-electron chi connectivity index (χ4n) is 1.17. The second-order valence-corrected chi connectivity index (χ2v) is 3.95. The minimum atomic E-state index is -3.02. The third kappa shape index (κ3) is 4.16. The molecule has 0 aliphatic heterocycles. The zero-order chi connectivity index (χ0) is 13.7. The van der Waals surface area contributed by atoms with E-state index in [0.29, 0.717) is 0 Å². The first-order chi connectivity index (χ1) is 8.43. The number of ether oxygens (including phenoxy) is 1.